The second-order valence-corrected chi connectivity index (χ2v) is 6.86. The van der Waals surface area contributed by atoms with E-state index in [4.69, 9.17) is 4.74 Å². The van der Waals surface area contributed by atoms with E-state index in [1.165, 1.54) is 0 Å². The number of ether oxygens (including phenoxy) is 1. The predicted octanol–water partition coefficient (Wildman–Crippen LogP) is 3.58. The van der Waals surface area contributed by atoms with Crippen LogP contribution in [0.3, 0.4) is 0 Å². The van der Waals surface area contributed by atoms with E-state index in [-0.39, 0.29) is 6.09 Å². The van der Waals surface area contributed by atoms with Crippen molar-refractivity contribution in [3.63, 3.8) is 0 Å². The number of nitrogens with zero attached hydrogens (tertiary/aromatic N) is 1. The number of rotatable bonds is 7. The van der Waals surface area contributed by atoms with Gasteiger partial charge in [-0.25, -0.2) is 4.79 Å². The summed E-state index contributed by atoms with van der Waals surface area (Å²) in [5.74, 6) is 0.530. The van der Waals surface area contributed by atoms with Gasteiger partial charge in [-0.3, -0.25) is 0 Å². The smallest absolute Gasteiger partial charge is 0.410 e. The number of allylic oxidation sites excluding steroid dienone is 1. The molecule has 1 fully saturated rings. The normalized spacial score (nSPS) is 20.4. The molecule has 0 saturated carbocycles. The summed E-state index contributed by atoms with van der Waals surface area (Å²) in [6.45, 7) is 14.2. The Labute approximate surface area is 129 Å². The molecule has 0 aromatic carbocycles. The monoisotopic (exact) mass is 296 g/mol. The molecule has 1 aliphatic heterocycles. The molecule has 4 nitrogen and oxygen atoms in total. The molecule has 0 radical (unpaired) electrons. The molecule has 4 heteroatoms. The third-order valence-corrected chi connectivity index (χ3v) is 3.84. The van der Waals surface area contributed by atoms with Crippen LogP contribution in [0, 0.1) is 5.92 Å². The first-order valence-corrected chi connectivity index (χ1v) is 8.19. The number of hydrogen-bond acceptors (Lipinski definition) is 3. The van der Waals surface area contributed by atoms with Gasteiger partial charge in [-0.1, -0.05) is 13.0 Å². The Morgan fingerprint density at radius 2 is 2.24 bits per heavy atom. The van der Waals surface area contributed by atoms with Gasteiger partial charge >= 0.3 is 6.09 Å². The van der Waals surface area contributed by atoms with Crippen LogP contribution in [0.2, 0.25) is 0 Å². The highest BCUT2D eigenvalue weighted by Crippen LogP contribution is 2.24. The van der Waals surface area contributed by atoms with E-state index in [1.54, 1.807) is 0 Å². The van der Waals surface area contributed by atoms with E-state index in [9.17, 15) is 4.79 Å². The number of carbonyl (C=O) groups excluding carboxylic acids is 1. The Balaban J connectivity index is 2.49. The Morgan fingerprint density at radius 3 is 2.81 bits per heavy atom. The first kappa shape index (κ1) is 18.0. The number of unbranched alkanes of at least 4 members (excludes halogenated alkanes) is 1. The van der Waals surface area contributed by atoms with Crippen LogP contribution in [0.5, 0.6) is 0 Å². The molecule has 0 bridgehead atoms. The molecule has 0 aromatic rings. The summed E-state index contributed by atoms with van der Waals surface area (Å²) >= 11 is 0. The number of nitrogens with one attached hydrogen (secondary N) is 1. The molecule has 1 N–H and O–H groups in total. The van der Waals surface area contributed by atoms with Crippen molar-refractivity contribution in [2.24, 2.45) is 5.92 Å². The highest BCUT2D eigenvalue weighted by Gasteiger charge is 2.33. The summed E-state index contributed by atoms with van der Waals surface area (Å²) in [6, 6.07) is 0.488. The average molecular weight is 296 g/mol. The summed E-state index contributed by atoms with van der Waals surface area (Å²) in [5, 5.41) is 3.58. The van der Waals surface area contributed by atoms with E-state index in [1.807, 2.05) is 31.7 Å². The van der Waals surface area contributed by atoms with Gasteiger partial charge in [0.25, 0.3) is 0 Å². The van der Waals surface area contributed by atoms with Crippen LogP contribution in [-0.2, 0) is 4.74 Å². The molecule has 0 spiro atoms. The molecule has 2 atom stereocenters. The molecule has 0 aromatic heterocycles. The summed E-state index contributed by atoms with van der Waals surface area (Å²) in [6.07, 6.45) is 6.22. The van der Waals surface area contributed by atoms with Crippen LogP contribution in [-0.4, -0.2) is 42.3 Å². The standard InChI is InChI=1S/C17H32N2O2/c1-6-8-9-10-15(18-7-2)14-11-12-19(13-14)16(20)21-17(3,4)5/h6,14-15,18H,1,7-13H2,2-5H3. The molecule has 122 valence electrons. The molecule has 1 saturated heterocycles. The lowest BCUT2D eigenvalue weighted by Crippen LogP contribution is -2.40. The fraction of sp³-hybridized carbons (Fsp3) is 0.824. The topological polar surface area (TPSA) is 41.6 Å². The molecule has 1 amide bonds. The van der Waals surface area contributed by atoms with E-state index in [0.29, 0.717) is 12.0 Å². The lowest BCUT2D eigenvalue weighted by atomic mass is 9.94. The van der Waals surface area contributed by atoms with Crippen LogP contribution < -0.4 is 5.32 Å². The van der Waals surface area contributed by atoms with Crippen molar-refractivity contribution < 1.29 is 9.53 Å². The maximum atomic E-state index is 12.1. The Kier molecular flexibility index (Phi) is 7.23. The molecule has 1 rings (SSSR count). The molecule has 0 aliphatic carbocycles. The van der Waals surface area contributed by atoms with E-state index in [2.05, 4.69) is 18.8 Å². The van der Waals surface area contributed by atoms with Crippen LogP contribution >= 0.6 is 0 Å². The van der Waals surface area contributed by atoms with Crippen LogP contribution in [0.25, 0.3) is 0 Å². The summed E-state index contributed by atoms with van der Waals surface area (Å²) in [5.41, 5.74) is -0.416. The summed E-state index contributed by atoms with van der Waals surface area (Å²) in [4.78, 5) is 14.0. The predicted molar refractivity (Wildman–Crippen MR) is 87.4 cm³/mol. The number of hydrogen-bond donors (Lipinski definition) is 1. The second kappa shape index (κ2) is 8.42. The lowest BCUT2D eigenvalue weighted by Gasteiger charge is -2.26. The van der Waals surface area contributed by atoms with Crippen molar-refractivity contribution in [1.29, 1.82) is 0 Å². The zero-order chi connectivity index (χ0) is 15.9. The summed E-state index contributed by atoms with van der Waals surface area (Å²) in [7, 11) is 0. The third kappa shape index (κ3) is 6.51. The number of amides is 1. The van der Waals surface area contributed by atoms with E-state index >= 15 is 0 Å². The minimum Gasteiger partial charge on any atom is -0.444 e. The largest absolute Gasteiger partial charge is 0.444 e. The van der Waals surface area contributed by atoms with Crippen molar-refractivity contribution in [3.05, 3.63) is 12.7 Å². The fourth-order valence-corrected chi connectivity index (χ4v) is 2.86. The van der Waals surface area contributed by atoms with Crippen molar-refractivity contribution in [1.82, 2.24) is 10.2 Å². The molecule has 1 aliphatic rings. The molecular weight excluding hydrogens is 264 g/mol. The molecule has 2 unspecified atom stereocenters. The maximum Gasteiger partial charge on any atom is 0.410 e. The van der Waals surface area contributed by atoms with Crippen molar-refractivity contribution >= 4 is 6.09 Å². The first-order valence-electron chi connectivity index (χ1n) is 8.19. The van der Waals surface area contributed by atoms with Gasteiger partial charge in [0.2, 0.25) is 0 Å². The van der Waals surface area contributed by atoms with Crippen molar-refractivity contribution in [2.45, 2.75) is 65.0 Å². The van der Waals surface area contributed by atoms with Gasteiger partial charge in [-0.05, 0) is 58.9 Å². The number of likely N-dealkylation sites (tertiary alicyclic amines) is 1. The zero-order valence-electron chi connectivity index (χ0n) is 14.2. The minimum atomic E-state index is -0.416. The van der Waals surface area contributed by atoms with Gasteiger partial charge in [0, 0.05) is 19.1 Å². The van der Waals surface area contributed by atoms with Crippen LogP contribution in [0.1, 0.15) is 53.4 Å². The Hall–Kier alpha value is -1.03. The Morgan fingerprint density at radius 1 is 1.52 bits per heavy atom. The second-order valence-electron chi connectivity index (χ2n) is 6.86. The SMILES string of the molecule is C=CCCCC(NCC)C1CCN(C(=O)OC(C)(C)C)C1. The molecular formula is C17H32N2O2. The van der Waals surface area contributed by atoms with E-state index < -0.39 is 5.60 Å². The highest BCUT2D eigenvalue weighted by atomic mass is 16.6. The van der Waals surface area contributed by atoms with Gasteiger partial charge in [-0.2, -0.15) is 0 Å². The zero-order valence-corrected chi connectivity index (χ0v) is 14.2. The molecule has 1 heterocycles. The van der Waals surface area contributed by atoms with Crippen molar-refractivity contribution in [3.8, 4) is 0 Å². The fourth-order valence-electron chi connectivity index (χ4n) is 2.86. The quantitative estimate of drug-likeness (QED) is 0.577. The van der Waals surface area contributed by atoms with Crippen LogP contribution in [0.4, 0.5) is 4.79 Å². The van der Waals surface area contributed by atoms with Gasteiger partial charge < -0.3 is 15.0 Å². The Bertz CT molecular complexity index is 336. The van der Waals surface area contributed by atoms with Gasteiger partial charge in [0.05, 0.1) is 0 Å². The lowest BCUT2D eigenvalue weighted by molar-refractivity contribution is 0.0285. The van der Waals surface area contributed by atoms with Crippen LogP contribution in [0.15, 0.2) is 12.7 Å². The van der Waals surface area contributed by atoms with E-state index in [0.717, 1.165) is 45.3 Å². The third-order valence-electron chi connectivity index (χ3n) is 3.84. The van der Waals surface area contributed by atoms with Crippen molar-refractivity contribution in [2.75, 3.05) is 19.6 Å². The van der Waals surface area contributed by atoms with Gasteiger partial charge in [0.15, 0.2) is 0 Å². The van der Waals surface area contributed by atoms with Gasteiger partial charge in [-0.15, -0.1) is 6.58 Å². The minimum absolute atomic E-state index is 0.175. The van der Waals surface area contributed by atoms with Gasteiger partial charge in [0.1, 0.15) is 5.60 Å². The average Bonchev–Trinajstić information content (AvgIpc) is 2.85. The highest BCUT2D eigenvalue weighted by molar-refractivity contribution is 5.68. The number of carbonyl (C=O) groups is 1. The molecule has 21 heavy (non-hydrogen) atoms. The first-order chi connectivity index (χ1) is 9.87. The summed E-state index contributed by atoms with van der Waals surface area (Å²) < 4.78 is 5.46. The maximum absolute atomic E-state index is 12.1.